The normalized spacial score (nSPS) is 10.5. The Morgan fingerprint density at radius 2 is 2.00 bits per heavy atom. The lowest BCUT2D eigenvalue weighted by atomic mass is 10.0. The van der Waals surface area contributed by atoms with E-state index in [1.54, 1.807) is 13.2 Å². The third kappa shape index (κ3) is 2.36. The molecule has 0 atom stereocenters. The van der Waals surface area contributed by atoms with E-state index in [-0.39, 0.29) is 5.56 Å². The molecule has 3 aromatic rings. The van der Waals surface area contributed by atoms with Crippen molar-refractivity contribution in [2.75, 3.05) is 12.8 Å². The smallest absolute Gasteiger partial charge is 0.264 e. The summed E-state index contributed by atoms with van der Waals surface area (Å²) in [7, 11) is 1.60. The van der Waals surface area contributed by atoms with E-state index in [1.807, 2.05) is 24.3 Å². The van der Waals surface area contributed by atoms with Gasteiger partial charge in [0.1, 0.15) is 11.4 Å². The van der Waals surface area contributed by atoms with Crippen LogP contribution in [0.1, 0.15) is 0 Å². The van der Waals surface area contributed by atoms with Gasteiger partial charge in [-0.05, 0) is 23.8 Å². The molecule has 21 heavy (non-hydrogen) atoms. The van der Waals surface area contributed by atoms with Gasteiger partial charge in [0.15, 0.2) is 5.82 Å². The highest BCUT2D eigenvalue weighted by atomic mass is 16.5. The van der Waals surface area contributed by atoms with Crippen LogP contribution in [0.3, 0.4) is 0 Å². The molecule has 0 unspecified atom stereocenters. The van der Waals surface area contributed by atoms with Gasteiger partial charge in [-0.2, -0.15) is 10.2 Å². The summed E-state index contributed by atoms with van der Waals surface area (Å²) in [6.45, 7) is 0. The van der Waals surface area contributed by atoms with E-state index in [0.29, 0.717) is 28.5 Å². The highest BCUT2D eigenvalue weighted by Gasteiger charge is 2.16. The van der Waals surface area contributed by atoms with Crippen molar-refractivity contribution in [2.24, 2.45) is 0 Å². The number of anilines is 1. The lowest BCUT2D eigenvalue weighted by molar-refractivity contribution is 0.415. The largest absolute Gasteiger partial charge is 0.497 e. The standard InChI is InChI=1S/C14H13N5O2/c1-21-9-4-2-3-8(7-9)12-13(18-19-14(12)15)10-5-6-11(20)17-16-10/h2-7H,1H3,(H,17,20)(H3,15,18,19). The monoisotopic (exact) mass is 283 g/mol. The number of benzene rings is 1. The second kappa shape index (κ2) is 5.12. The third-order valence-electron chi connectivity index (χ3n) is 3.09. The Labute approximate surface area is 119 Å². The van der Waals surface area contributed by atoms with Crippen molar-refractivity contribution in [3.05, 3.63) is 46.8 Å². The molecule has 0 aliphatic heterocycles. The summed E-state index contributed by atoms with van der Waals surface area (Å²) < 4.78 is 5.22. The van der Waals surface area contributed by atoms with Crippen molar-refractivity contribution in [1.82, 2.24) is 20.4 Å². The van der Waals surface area contributed by atoms with Crippen LogP contribution < -0.4 is 16.0 Å². The maximum absolute atomic E-state index is 11.1. The Kier molecular flexibility index (Phi) is 3.15. The van der Waals surface area contributed by atoms with E-state index < -0.39 is 0 Å². The van der Waals surface area contributed by atoms with Gasteiger partial charge in [0.05, 0.1) is 18.4 Å². The minimum atomic E-state index is -0.269. The summed E-state index contributed by atoms with van der Waals surface area (Å²) in [6.07, 6.45) is 0. The number of aromatic amines is 2. The Morgan fingerprint density at radius 1 is 1.14 bits per heavy atom. The zero-order valence-corrected chi connectivity index (χ0v) is 11.3. The fourth-order valence-corrected chi connectivity index (χ4v) is 2.10. The average Bonchev–Trinajstić information content (AvgIpc) is 2.90. The van der Waals surface area contributed by atoms with Gasteiger partial charge in [0, 0.05) is 6.07 Å². The zero-order valence-electron chi connectivity index (χ0n) is 11.3. The first-order valence-corrected chi connectivity index (χ1v) is 6.23. The minimum absolute atomic E-state index is 0.269. The number of methoxy groups -OCH3 is 1. The molecular weight excluding hydrogens is 270 g/mol. The van der Waals surface area contributed by atoms with Gasteiger partial charge in [-0.25, -0.2) is 5.10 Å². The van der Waals surface area contributed by atoms with Crippen molar-refractivity contribution in [3.8, 4) is 28.3 Å². The van der Waals surface area contributed by atoms with Crippen molar-refractivity contribution in [2.45, 2.75) is 0 Å². The van der Waals surface area contributed by atoms with Crippen molar-refractivity contribution in [1.29, 1.82) is 0 Å². The molecule has 2 aromatic heterocycles. The molecular formula is C14H13N5O2. The predicted molar refractivity (Wildman–Crippen MR) is 78.8 cm³/mol. The van der Waals surface area contributed by atoms with Crippen molar-refractivity contribution >= 4 is 5.82 Å². The number of H-pyrrole nitrogens is 2. The fraction of sp³-hybridized carbons (Fsp3) is 0.0714. The Hall–Kier alpha value is -3.09. The van der Waals surface area contributed by atoms with Gasteiger partial charge in [0.2, 0.25) is 0 Å². The number of ether oxygens (including phenoxy) is 1. The highest BCUT2D eigenvalue weighted by molar-refractivity contribution is 5.86. The molecule has 0 amide bonds. The molecule has 0 aliphatic carbocycles. The molecule has 1 aromatic carbocycles. The predicted octanol–water partition coefficient (Wildman–Crippen LogP) is 1.42. The van der Waals surface area contributed by atoms with Gasteiger partial charge in [-0.3, -0.25) is 9.89 Å². The fourth-order valence-electron chi connectivity index (χ4n) is 2.10. The van der Waals surface area contributed by atoms with Crippen LogP contribution in [-0.2, 0) is 0 Å². The van der Waals surface area contributed by atoms with Crippen LogP contribution in [0.4, 0.5) is 5.82 Å². The maximum Gasteiger partial charge on any atom is 0.264 e. The molecule has 3 rings (SSSR count). The van der Waals surface area contributed by atoms with Crippen molar-refractivity contribution < 1.29 is 4.74 Å². The number of aromatic nitrogens is 4. The highest BCUT2D eigenvalue weighted by Crippen LogP contribution is 2.34. The number of nitrogens with two attached hydrogens (primary N) is 1. The van der Waals surface area contributed by atoms with E-state index in [4.69, 9.17) is 10.5 Å². The summed E-state index contributed by atoms with van der Waals surface area (Å²) in [5, 5.41) is 13.3. The number of hydrogen-bond donors (Lipinski definition) is 3. The van der Waals surface area contributed by atoms with Gasteiger partial charge >= 0.3 is 0 Å². The Balaban J connectivity index is 2.16. The quantitative estimate of drug-likeness (QED) is 0.673. The lowest BCUT2D eigenvalue weighted by Gasteiger charge is -2.06. The summed E-state index contributed by atoms with van der Waals surface area (Å²) in [6, 6.07) is 10.5. The van der Waals surface area contributed by atoms with Crippen LogP contribution in [0.25, 0.3) is 22.5 Å². The summed E-state index contributed by atoms with van der Waals surface area (Å²) in [4.78, 5) is 11.1. The Morgan fingerprint density at radius 3 is 2.71 bits per heavy atom. The van der Waals surface area contributed by atoms with E-state index in [2.05, 4.69) is 20.4 Å². The van der Waals surface area contributed by atoms with E-state index in [9.17, 15) is 4.79 Å². The second-order valence-electron chi connectivity index (χ2n) is 4.40. The van der Waals surface area contributed by atoms with Gasteiger partial charge in [-0.1, -0.05) is 12.1 Å². The molecule has 7 nitrogen and oxygen atoms in total. The number of rotatable bonds is 3. The van der Waals surface area contributed by atoms with Crippen LogP contribution in [0.2, 0.25) is 0 Å². The maximum atomic E-state index is 11.1. The summed E-state index contributed by atoms with van der Waals surface area (Å²) in [5.41, 5.74) is 8.44. The third-order valence-corrected chi connectivity index (χ3v) is 3.09. The molecule has 106 valence electrons. The first-order chi connectivity index (χ1) is 10.2. The Bertz CT molecular complexity index is 817. The molecule has 7 heteroatoms. The minimum Gasteiger partial charge on any atom is -0.497 e. The first-order valence-electron chi connectivity index (χ1n) is 6.23. The van der Waals surface area contributed by atoms with Crippen LogP contribution in [0.15, 0.2) is 41.2 Å². The van der Waals surface area contributed by atoms with E-state index in [0.717, 1.165) is 5.56 Å². The van der Waals surface area contributed by atoms with E-state index in [1.165, 1.54) is 6.07 Å². The number of nitrogen functional groups attached to an aromatic ring is 1. The molecule has 2 heterocycles. The zero-order chi connectivity index (χ0) is 14.8. The molecule has 0 spiro atoms. The average molecular weight is 283 g/mol. The van der Waals surface area contributed by atoms with Crippen LogP contribution >= 0.6 is 0 Å². The van der Waals surface area contributed by atoms with Gasteiger partial charge in [-0.15, -0.1) is 0 Å². The lowest BCUT2D eigenvalue weighted by Crippen LogP contribution is -2.06. The molecule has 4 N–H and O–H groups in total. The van der Waals surface area contributed by atoms with Gasteiger partial charge in [0.25, 0.3) is 5.56 Å². The number of nitrogens with one attached hydrogen (secondary N) is 2. The number of hydrogen-bond acceptors (Lipinski definition) is 5. The summed E-state index contributed by atoms with van der Waals surface area (Å²) in [5.74, 6) is 1.07. The van der Waals surface area contributed by atoms with Crippen molar-refractivity contribution in [3.63, 3.8) is 0 Å². The number of nitrogens with zero attached hydrogens (tertiary/aromatic N) is 2. The molecule has 0 fully saturated rings. The molecule has 0 radical (unpaired) electrons. The van der Waals surface area contributed by atoms with Crippen LogP contribution in [0, 0.1) is 0 Å². The van der Waals surface area contributed by atoms with E-state index >= 15 is 0 Å². The second-order valence-corrected chi connectivity index (χ2v) is 4.40. The first kappa shape index (κ1) is 12.9. The topological polar surface area (TPSA) is 110 Å². The molecule has 0 bridgehead atoms. The van der Waals surface area contributed by atoms with Gasteiger partial charge < -0.3 is 10.5 Å². The SMILES string of the molecule is COc1cccc(-c2c(N)n[nH]c2-c2ccc(=O)[nH]n2)c1. The van der Waals surface area contributed by atoms with Crippen LogP contribution in [-0.4, -0.2) is 27.5 Å². The molecule has 0 aliphatic rings. The molecule has 0 saturated heterocycles. The molecule has 0 saturated carbocycles. The van der Waals surface area contributed by atoms with Crippen LogP contribution in [0.5, 0.6) is 5.75 Å². The summed E-state index contributed by atoms with van der Waals surface area (Å²) >= 11 is 0.